The van der Waals surface area contributed by atoms with E-state index in [4.69, 9.17) is 10.5 Å². The van der Waals surface area contributed by atoms with Gasteiger partial charge in [0.2, 0.25) is 0 Å². The van der Waals surface area contributed by atoms with Gasteiger partial charge in [-0.25, -0.2) is 0 Å². The van der Waals surface area contributed by atoms with Gasteiger partial charge in [0.1, 0.15) is 17.1 Å². The van der Waals surface area contributed by atoms with Gasteiger partial charge in [-0.05, 0) is 37.3 Å². The second-order valence-electron chi connectivity index (χ2n) is 7.64. The summed E-state index contributed by atoms with van der Waals surface area (Å²) in [7, 11) is 0. The highest BCUT2D eigenvalue weighted by Crippen LogP contribution is 2.38. The first-order valence-electron chi connectivity index (χ1n) is 10.2. The molecule has 2 heterocycles. The van der Waals surface area contributed by atoms with Crippen molar-refractivity contribution in [2.45, 2.75) is 25.7 Å². The molecule has 4 amide bonds. The summed E-state index contributed by atoms with van der Waals surface area (Å²) >= 11 is 1.25. The van der Waals surface area contributed by atoms with Crippen LogP contribution >= 0.6 is 11.3 Å². The number of fused-ring (bicyclic) bond motifs is 2. The standard InChI is InChI=1S/C21H18N4O8S/c22-18(28)17-10-4-1-2-7-13(10)34-19(17)23-14(26)9-33-15(27)8-24-20(29)11-5-3-6-12(25(31)32)16(11)21(24)30/h3,5-6H,1-2,4,7-9H2,(H2,22,28)(H,23,26). The van der Waals surface area contributed by atoms with Crippen LogP contribution in [0.4, 0.5) is 10.7 Å². The Bertz CT molecular complexity index is 1270. The van der Waals surface area contributed by atoms with Crippen LogP contribution in [-0.2, 0) is 27.2 Å². The maximum absolute atomic E-state index is 12.5. The van der Waals surface area contributed by atoms with E-state index in [0.717, 1.165) is 35.8 Å². The Labute approximate surface area is 195 Å². The summed E-state index contributed by atoms with van der Waals surface area (Å²) in [6, 6.07) is 3.59. The van der Waals surface area contributed by atoms with Crippen molar-refractivity contribution in [2.24, 2.45) is 5.73 Å². The molecule has 0 saturated carbocycles. The molecular weight excluding hydrogens is 468 g/mol. The lowest BCUT2D eigenvalue weighted by Gasteiger charge is -2.13. The molecule has 0 unspecified atom stereocenters. The van der Waals surface area contributed by atoms with Crippen LogP contribution in [0.2, 0.25) is 0 Å². The lowest BCUT2D eigenvalue weighted by Crippen LogP contribution is -2.36. The molecule has 34 heavy (non-hydrogen) atoms. The summed E-state index contributed by atoms with van der Waals surface area (Å²) in [5.41, 5.74) is 5.43. The second kappa shape index (κ2) is 9.02. The number of amides is 4. The normalized spacial score (nSPS) is 14.4. The molecule has 0 fully saturated rings. The number of esters is 1. The van der Waals surface area contributed by atoms with Crippen molar-refractivity contribution in [2.75, 3.05) is 18.5 Å². The Morgan fingerprint density at radius 2 is 1.91 bits per heavy atom. The number of carbonyl (C=O) groups is 5. The zero-order valence-electron chi connectivity index (χ0n) is 17.6. The third kappa shape index (κ3) is 4.12. The quantitative estimate of drug-likeness (QED) is 0.255. The van der Waals surface area contributed by atoms with Gasteiger partial charge < -0.3 is 15.8 Å². The molecule has 1 aromatic heterocycles. The van der Waals surface area contributed by atoms with E-state index in [1.807, 2.05) is 0 Å². The highest BCUT2D eigenvalue weighted by molar-refractivity contribution is 7.17. The van der Waals surface area contributed by atoms with Crippen molar-refractivity contribution in [1.82, 2.24) is 4.90 Å². The maximum Gasteiger partial charge on any atom is 0.326 e. The first kappa shape index (κ1) is 23.0. The van der Waals surface area contributed by atoms with E-state index in [0.29, 0.717) is 11.3 Å². The number of benzene rings is 1. The van der Waals surface area contributed by atoms with Crippen LogP contribution in [0.25, 0.3) is 0 Å². The molecule has 176 valence electrons. The summed E-state index contributed by atoms with van der Waals surface area (Å²) < 4.78 is 4.87. The monoisotopic (exact) mass is 486 g/mol. The minimum Gasteiger partial charge on any atom is -0.454 e. The molecule has 3 N–H and O–H groups in total. The maximum atomic E-state index is 12.5. The van der Waals surface area contributed by atoms with Gasteiger partial charge in [0.25, 0.3) is 29.3 Å². The molecule has 1 aliphatic heterocycles. The zero-order valence-corrected chi connectivity index (χ0v) is 18.4. The van der Waals surface area contributed by atoms with Crippen LogP contribution in [0.1, 0.15) is 54.4 Å². The fourth-order valence-corrected chi connectivity index (χ4v) is 5.32. The number of imide groups is 1. The van der Waals surface area contributed by atoms with Crippen LogP contribution in [0.15, 0.2) is 18.2 Å². The van der Waals surface area contributed by atoms with Gasteiger partial charge in [0.15, 0.2) is 6.61 Å². The van der Waals surface area contributed by atoms with Gasteiger partial charge >= 0.3 is 5.97 Å². The number of hydrogen-bond acceptors (Lipinski definition) is 9. The minimum absolute atomic E-state index is 0.189. The van der Waals surface area contributed by atoms with E-state index < -0.39 is 58.9 Å². The number of carbonyl (C=O) groups excluding carboxylic acids is 5. The molecule has 13 heteroatoms. The first-order chi connectivity index (χ1) is 16.2. The Balaban J connectivity index is 1.38. The van der Waals surface area contributed by atoms with E-state index in [9.17, 15) is 34.1 Å². The average Bonchev–Trinajstić information content (AvgIpc) is 3.28. The smallest absolute Gasteiger partial charge is 0.326 e. The number of ether oxygens (including phenoxy) is 1. The van der Waals surface area contributed by atoms with E-state index in [1.165, 1.54) is 23.5 Å². The summed E-state index contributed by atoms with van der Waals surface area (Å²) in [5.74, 6) is -4.32. The Kier molecular flexibility index (Phi) is 6.11. The van der Waals surface area contributed by atoms with Gasteiger partial charge in [-0.15, -0.1) is 11.3 Å². The third-order valence-corrected chi connectivity index (χ3v) is 6.70. The van der Waals surface area contributed by atoms with Crippen LogP contribution in [-0.4, -0.2) is 52.6 Å². The molecule has 2 aromatic rings. The predicted molar refractivity (Wildman–Crippen MR) is 118 cm³/mol. The van der Waals surface area contributed by atoms with Gasteiger partial charge in [-0.1, -0.05) is 6.07 Å². The van der Waals surface area contributed by atoms with Gasteiger partial charge in [0, 0.05) is 10.9 Å². The summed E-state index contributed by atoms with van der Waals surface area (Å²) in [6.07, 6.45) is 3.35. The number of nitrogens with zero attached hydrogens (tertiary/aromatic N) is 2. The number of primary amides is 1. The molecule has 12 nitrogen and oxygen atoms in total. The van der Waals surface area contributed by atoms with Crippen molar-refractivity contribution in [3.8, 4) is 0 Å². The Morgan fingerprint density at radius 3 is 2.62 bits per heavy atom. The van der Waals surface area contributed by atoms with Crippen LogP contribution in [0.5, 0.6) is 0 Å². The average molecular weight is 486 g/mol. The molecular formula is C21H18N4O8S. The Hall–Kier alpha value is -4.13. The molecule has 0 atom stereocenters. The highest BCUT2D eigenvalue weighted by atomic mass is 32.1. The number of hydrogen-bond donors (Lipinski definition) is 2. The molecule has 0 saturated heterocycles. The van der Waals surface area contributed by atoms with Crippen molar-refractivity contribution < 1.29 is 33.6 Å². The van der Waals surface area contributed by atoms with Gasteiger partial charge in [-0.2, -0.15) is 0 Å². The van der Waals surface area contributed by atoms with Crippen molar-refractivity contribution >= 4 is 51.6 Å². The zero-order chi connectivity index (χ0) is 24.6. The number of rotatable bonds is 7. The minimum atomic E-state index is -1.06. The molecule has 0 radical (unpaired) electrons. The van der Waals surface area contributed by atoms with Crippen LogP contribution in [0, 0.1) is 10.1 Å². The fraction of sp³-hybridized carbons (Fsp3) is 0.286. The lowest BCUT2D eigenvalue weighted by molar-refractivity contribution is -0.385. The second-order valence-corrected chi connectivity index (χ2v) is 8.75. The van der Waals surface area contributed by atoms with Crippen molar-refractivity contribution in [1.29, 1.82) is 0 Å². The number of nitrogens with two attached hydrogens (primary N) is 1. The van der Waals surface area contributed by atoms with E-state index in [1.54, 1.807) is 0 Å². The van der Waals surface area contributed by atoms with E-state index >= 15 is 0 Å². The third-order valence-electron chi connectivity index (χ3n) is 5.50. The molecule has 0 spiro atoms. The van der Waals surface area contributed by atoms with Crippen molar-refractivity contribution in [3.05, 3.63) is 55.4 Å². The number of nitro benzene ring substituents is 1. The van der Waals surface area contributed by atoms with Crippen molar-refractivity contribution in [3.63, 3.8) is 0 Å². The number of thiophene rings is 1. The van der Waals surface area contributed by atoms with Gasteiger partial charge in [-0.3, -0.25) is 39.0 Å². The van der Waals surface area contributed by atoms with E-state index in [-0.39, 0.29) is 16.1 Å². The van der Waals surface area contributed by atoms with Gasteiger partial charge in [0.05, 0.1) is 16.1 Å². The number of nitrogens with one attached hydrogen (secondary N) is 1. The van der Waals surface area contributed by atoms with Crippen LogP contribution < -0.4 is 11.1 Å². The molecule has 1 aromatic carbocycles. The lowest BCUT2D eigenvalue weighted by atomic mass is 9.95. The number of nitro groups is 1. The number of anilines is 1. The molecule has 4 rings (SSSR count). The molecule has 0 bridgehead atoms. The summed E-state index contributed by atoms with van der Waals surface area (Å²) in [4.78, 5) is 73.2. The first-order valence-corrected chi connectivity index (χ1v) is 11.0. The SMILES string of the molecule is NC(=O)c1c(NC(=O)COC(=O)CN2C(=O)c3cccc([N+](=O)[O-])c3C2=O)sc2c1CCCC2. The van der Waals surface area contributed by atoms with Crippen LogP contribution in [0.3, 0.4) is 0 Å². The molecule has 2 aliphatic rings. The largest absolute Gasteiger partial charge is 0.454 e. The Morgan fingerprint density at radius 1 is 1.18 bits per heavy atom. The summed E-state index contributed by atoms with van der Waals surface area (Å²) in [6.45, 7) is -1.56. The highest BCUT2D eigenvalue weighted by Gasteiger charge is 2.42. The summed E-state index contributed by atoms with van der Waals surface area (Å²) in [5, 5.41) is 14.0. The number of aryl methyl sites for hydroxylation is 1. The van der Waals surface area contributed by atoms with E-state index in [2.05, 4.69) is 5.32 Å². The fourth-order valence-electron chi connectivity index (χ4n) is 4.01. The predicted octanol–water partition coefficient (Wildman–Crippen LogP) is 1.41. The topological polar surface area (TPSA) is 179 Å². The molecule has 1 aliphatic carbocycles.